The van der Waals surface area contributed by atoms with Crippen molar-refractivity contribution >= 4 is 0 Å². The Bertz CT molecular complexity index is 459. The minimum Gasteiger partial charge on any atom is -0.334 e. The van der Waals surface area contributed by atoms with E-state index >= 15 is 0 Å². The molecule has 3 rings (SSSR count). The number of rotatable bonds is 6. The molecule has 0 spiro atoms. The maximum atomic E-state index is 4.34. The van der Waals surface area contributed by atoms with Crippen molar-refractivity contribution < 1.29 is 0 Å². The van der Waals surface area contributed by atoms with E-state index in [1.165, 1.54) is 32.2 Å². The van der Waals surface area contributed by atoms with Crippen LogP contribution in [0.2, 0.25) is 0 Å². The minimum atomic E-state index is 0.347. The molecule has 2 fully saturated rings. The summed E-state index contributed by atoms with van der Waals surface area (Å²) in [5, 5.41) is 3.85. The van der Waals surface area contributed by atoms with Crippen LogP contribution in [0.15, 0.2) is 12.4 Å². The van der Waals surface area contributed by atoms with Gasteiger partial charge in [-0.05, 0) is 38.5 Å². The summed E-state index contributed by atoms with van der Waals surface area (Å²) in [4.78, 5) is 7.11. The second kappa shape index (κ2) is 6.09. The Morgan fingerprint density at radius 3 is 2.62 bits per heavy atom. The van der Waals surface area contributed by atoms with Gasteiger partial charge in [0.25, 0.3) is 0 Å². The molecule has 1 aromatic rings. The van der Waals surface area contributed by atoms with Crippen LogP contribution < -0.4 is 5.32 Å². The average molecular weight is 290 g/mol. The van der Waals surface area contributed by atoms with Crippen LogP contribution >= 0.6 is 0 Å². The number of piperazine rings is 1. The van der Waals surface area contributed by atoms with Crippen LogP contribution in [0.4, 0.5) is 0 Å². The molecule has 118 valence electrons. The minimum absolute atomic E-state index is 0.347. The molecule has 1 atom stereocenters. The molecule has 1 saturated heterocycles. The maximum absolute atomic E-state index is 4.34. The summed E-state index contributed by atoms with van der Waals surface area (Å²) >= 11 is 0. The van der Waals surface area contributed by atoms with Crippen molar-refractivity contribution in [1.82, 2.24) is 19.8 Å². The molecule has 1 aliphatic heterocycles. The number of nitrogens with zero attached hydrogens (tertiary/aromatic N) is 3. The summed E-state index contributed by atoms with van der Waals surface area (Å²) in [6, 6.07) is 0.722. The van der Waals surface area contributed by atoms with E-state index in [-0.39, 0.29) is 0 Å². The molecule has 2 aliphatic rings. The summed E-state index contributed by atoms with van der Waals surface area (Å²) < 4.78 is 2.28. The summed E-state index contributed by atoms with van der Waals surface area (Å²) in [6.07, 6.45) is 9.34. The van der Waals surface area contributed by atoms with E-state index in [2.05, 4.69) is 46.7 Å². The van der Waals surface area contributed by atoms with Crippen molar-refractivity contribution in [3.05, 3.63) is 18.2 Å². The highest BCUT2D eigenvalue weighted by atomic mass is 15.3. The van der Waals surface area contributed by atoms with Gasteiger partial charge in [0, 0.05) is 50.2 Å². The predicted octanol–water partition coefficient (Wildman–Crippen LogP) is 2.43. The Hall–Kier alpha value is -0.870. The summed E-state index contributed by atoms with van der Waals surface area (Å²) in [7, 11) is 0. The van der Waals surface area contributed by atoms with Crippen LogP contribution in [0.5, 0.6) is 0 Å². The number of imidazole rings is 1. The first kappa shape index (κ1) is 15.0. The lowest BCUT2D eigenvalue weighted by Crippen LogP contribution is -2.65. The van der Waals surface area contributed by atoms with Gasteiger partial charge in [0.05, 0.1) is 0 Å². The van der Waals surface area contributed by atoms with Gasteiger partial charge in [-0.1, -0.05) is 13.8 Å². The van der Waals surface area contributed by atoms with E-state index in [1.807, 2.05) is 6.20 Å². The predicted molar refractivity (Wildman–Crippen MR) is 86.4 cm³/mol. The zero-order valence-electron chi connectivity index (χ0n) is 13.8. The summed E-state index contributed by atoms with van der Waals surface area (Å²) in [6.45, 7) is 11.4. The highest BCUT2D eigenvalue weighted by Crippen LogP contribution is 2.37. The smallest absolute Gasteiger partial charge is 0.105 e. The molecule has 1 N–H and O–H groups in total. The largest absolute Gasteiger partial charge is 0.334 e. The van der Waals surface area contributed by atoms with Gasteiger partial charge in [-0.15, -0.1) is 0 Å². The fourth-order valence-corrected chi connectivity index (χ4v) is 3.89. The quantitative estimate of drug-likeness (QED) is 0.873. The Morgan fingerprint density at radius 1 is 1.29 bits per heavy atom. The van der Waals surface area contributed by atoms with Gasteiger partial charge in [-0.2, -0.15) is 0 Å². The molecule has 4 heteroatoms. The average Bonchev–Trinajstić information content (AvgIpc) is 3.28. The van der Waals surface area contributed by atoms with Gasteiger partial charge in [-0.25, -0.2) is 4.98 Å². The van der Waals surface area contributed by atoms with Gasteiger partial charge in [-0.3, -0.25) is 4.90 Å². The second-order valence-corrected chi connectivity index (χ2v) is 6.87. The van der Waals surface area contributed by atoms with Crippen LogP contribution in [-0.4, -0.2) is 45.7 Å². The molecule has 0 aromatic carbocycles. The zero-order valence-corrected chi connectivity index (χ0v) is 13.8. The highest BCUT2D eigenvalue weighted by Gasteiger charge is 2.42. The SMILES string of the molecule is CCC1(CC)CNC(C2CC2)CN1CCn1ccnc1C. The first-order chi connectivity index (χ1) is 10.2. The van der Waals surface area contributed by atoms with Gasteiger partial charge in [0.15, 0.2) is 0 Å². The van der Waals surface area contributed by atoms with Crippen LogP contribution in [0.3, 0.4) is 0 Å². The van der Waals surface area contributed by atoms with Crippen molar-refractivity contribution in [2.45, 2.75) is 64.6 Å². The molecule has 1 unspecified atom stereocenters. The molecule has 4 nitrogen and oxygen atoms in total. The first-order valence-electron chi connectivity index (χ1n) is 8.64. The molecule has 0 radical (unpaired) electrons. The topological polar surface area (TPSA) is 33.1 Å². The third-order valence-corrected chi connectivity index (χ3v) is 5.82. The third-order valence-electron chi connectivity index (χ3n) is 5.82. The normalized spacial score (nSPS) is 26.1. The van der Waals surface area contributed by atoms with Crippen molar-refractivity contribution in [1.29, 1.82) is 0 Å². The lowest BCUT2D eigenvalue weighted by atomic mass is 9.86. The molecule has 1 saturated carbocycles. The van der Waals surface area contributed by atoms with Gasteiger partial charge in [0.1, 0.15) is 5.82 Å². The van der Waals surface area contributed by atoms with E-state index in [4.69, 9.17) is 0 Å². The van der Waals surface area contributed by atoms with Crippen LogP contribution in [0.1, 0.15) is 45.4 Å². The van der Waals surface area contributed by atoms with Gasteiger partial charge < -0.3 is 9.88 Å². The number of nitrogens with one attached hydrogen (secondary N) is 1. The molecule has 1 aromatic heterocycles. The number of hydrogen-bond acceptors (Lipinski definition) is 3. The van der Waals surface area contributed by atoms with Crippen molar-refractivity contribution in [3.63, 3.8) is 0 Å². The lowest BCUT2D eigenvalue weighted by Gasteiger charge is -2.50. The van der Waals surface area contributed by atoms with E-state index in [1.54, 1.807) is 0 Å². The van der Waals surface area contributed by atoms with E-state index in [0.717, 1.165) is 37.4 Å². The Kier molecular flexibility index (Phi) is 4.36. The van der Waals surface area contributed by atoms with E-state index in [0.29, 0.717) is 5.54 Å². The zero-order chi connectivity index (χ0) is 14.9. The Labute approximate surface area is 128 Å². The molecule has 21 heavy (non-hydrogen) atoms. The summed E-state index contributed by atoms with van der Waals surface area (Å²) in [5.74, 6) is 2.07. The van der Waals surface area contributed by atoms with E-state index < -0.39 is 0 Å². The van der Waals surface area contributed by atoms with Crippen molar-refractivity contribution in [2.75, 3.05) is 19.6 Å². The highest BCUT2D eigenvalue weighted by molar-refractivity contribution is 5.01. The van der Waals surface area contributed by atoms with Crippen LogP contribution in [0, 0.1) is 12.8 Å². The van der Waals surface area contributed by atoms with Gasteiger partial charge >= 0.3 is 0 Å². The molecular weight excluding hydrogens is 260 g/mol. The fraction of sp³-hybridized carbons (Fsp3) is 0.824. The molecular formula is C17H30N4. The van der Waals surface area contributed by atoms with Crippen LogP contribution in [-0.2, 0) is 6.54 Å². The second-order valence-electron chi connectivity index (χ2n) is 6.87. The molecule has 0 bridgehead atoms. The summed E-state index contributed by atoms with van der Waals surface area (Å²) in [5.41, 5.74) is 0.347. The van der Waals surface area contributed by atoms with Gasteiger partial charge in [0.2, 0.25) is 0 Å². The molecule has 2 heterocycles. The van der Waals surface area contributed by atoms with Crippen LogP contribution in [0.25, 0.3) is 0 Å². The van der Waals surface area contributed by atoms with Crippen molar-refractivity contribution in [3.8, 4) is 0 Å². The monoisotopic (exact) mass is 290 g/mol. The molecule has 1 aliphatic carbocycles. The number of aryl methyl sites for hydroxylation is 1. The Balaban J connectivity index is 1.68. The first-order valence-corrected chi connectivity index (χ1v) is 8.64. The number of hydrogen-bond donors (Lipinski definition) is 1. The van der Waals surface area contributed by atoms with E-state index in [9.17, 15) is 0 Å². The number of aromatic nitrogens is 2. The fourth-order valence-electron chi connectivity index (χ4n) is 3.89. The standard InChI is InChI=1S/C17H30N4/c1-4-17(5-2)13-19-16(15-6-7-15)12-21(17)11-10-20-9-8-18-14(20)3/h8-9,15-16,19H,4-7,10-13H2,1-3H3. The Morgan fingerprint density at radius 2 is 2.05 bits per heavy atom. The third kappa shape index (κ3) is 3.02. The lowest BCUT2D eigenvalue weighted by molar-refractivity contribution is 0.0244. The maximum Gasteiger partial charge on any atom is 0.105 e. The molecule has 0 amide bonds. The van der Waals surface area contributed by atoms with Crippen molar-refractivity contribution in [2.24, 2.45) is 5.92 Å².